The molecule has 8 nitrogen and oxygen atoms in total. The van der Waals surface area contributed by atoms with E-state index >= 15 is 0 Å². The van der Waals surface area contributed by atoms with Gasteiger partial charge in [-0.3, -0.25) is 4.79 Å². The highest BCUT2D eigenvalue weighted by atomic mass is 32.2. The van der Waals surface area contributed by atoms with Crippen molar-refractivity contribution in [2.75, 3.05) is 13.1 Å². The molecule has 1 N–H and O–H groups in total. The van der Waals surface area contributed by atoms with E-state index in [1.165, 1.54) is 18.3 Å². The second-order valence-corrected chi connectivity index (χ2v) is 10.0. The van der Waals surface area contributed by atoms with Crippen molar-refractivity contribution < 1.29 is 17.6 Å². The maximum absolute atomic E-state index is 13.9. The van der Waals surface area contributed by atoms with Crippen LogP contribution in [0.3, 0.4) is 0 Å². The van der Waals surface area contributed by atoms with Gasteiger partial charge in [-0.25, -0.2) is 27.0 Å². The van der Waals surface area contributed by atoms with E-state index in [0.717, 1.165) is 18.9 Å². The molecular weight excluding hydrogens is 421 g/mol. The van der Waals surface area contributed by atoms with Crippen LogP contribution in [0.4, 0.5) is 4.39 Å². The number of nitrogens with one attached hydrogen (secondary N) is 1. The summed E-state index contributed by atoms with van der Waals surface area (Å²) >= 11 is 0. The average molecular weight is 444 g/mol. The molecule has 2 aromatic heterocycles. The number of aromatic nitrogens is 3. The van der Waals surface area contributed by atoms with Crippen LogP contribution >= 0.6 is 0 Å². The number of hydrogen-bond acceptors (Lipinski definition) is 5. The van der Waals surface area contributed by atoms with Crippen LogP contribution in [0.15, 0.2) is 47.8 Å². The number of benzene rings is 1. The third-order valence-corrected chi connectivity index (χ3v) is 7.83. The molecule has 0 spiro atoms. The summed E-state index contributed by atoms with van der Waals surface area (Å²) in [7, 11) is -3.85. The number of nitrogens with zero attached hydrogens (tertiary/aromatic N) is 4. The molecule has 1 saturated carbocycles. The van der Waals surface area contributed by atoms with Crippen LogP contribution in [0.25, 0.3) is 5.65 Å². The Morgan fingerprint density at radius 3 is 2.68 bits per heavy atom. The van der Waals surface area contributed by atoms with E-state index in [1.54, 1.807) is 34.8 Å². The summed E-state index contributed by atoms with van der Waals surface area (Å²) in [6.45, 7) is 2.50. The first-order valence-electron chi connectivity index (χ1n) is 10.2. The maximum Gasteiger partial charge on any atom is 0.259 e. The van der Waals surface area contributed by atoms with E-state index in [2.05, 4.69) is 14.8 Å². The number of piperidine rings is 1. The maximum atomic E-state index is 13.9. The number of carbonyl (C=O) groups is 1. The van der Waals surface area contributed by atoms with Gasteiger partial charge in [0, 0.05) is 31.5 Å². The largest absolute Gasteiger partial charge is 0.338 e. The Labute approximate surface area is 179 Å². The van der Waals surface area contributed by atoms with Gasteiger partial charge in [-0.1, -0.05) is 6.07 Å². The zero-order chi connectivity index (χ0) is 21.8. The fourth-order valence-electron chi connectivity index (χ4n) is 4.72. The summed E-state index contributed by atoms with van der Waals surface area (Å²) in [6.07, 6.45) is 6.53. The minimum absolute atomic E-state index is 0.00238. The molecule has 0 radical (unpaired) electrons. The van der Waals surface area contributed by atoms with Crippen LogP contribution in [0.1, 0.15) is 28.8 Å². The Morgan fingerprint density at radius 1 is 1.23 bits per heavy atom. The number of carbonyl (C=O) groups excluding carboxylic acids is 1. The SMILES string of the molecule is Cc1ccc(S(=O)(=O)NC2[C@@H]3CC[C@H]2CN(C(=O)c2cnn4cccnc24)C3)cc1F. The topological polar surface area (TPSA) is 96.7 Å². The van der Waals surface area contributed by atoms with Crippen LogP contribution in [-0.4, -0.2) is 53.0 Å². The van der Waals surface area contributed by atoms with Gasteiger partial charge in [0.1, 0.15) is 11.4 Å². The van der Waals surface area contributed by atoms with E-state index in [1.807, 2.05) is 0 Å². The van der Waals surface area contributed by atoms with Crippen molar-refractivity contribution in [1.82, 2.24) is 24.2 Å². The number of amides is 1. The third kappa shape index (κ3) is 3.49. The van der Waals surface area contributed by atoms with Gasteiger partial charge in [-0.15, -0.1) is 0 Å². The third-order valence-electron chi connectivity index (χ3n) is 6.38. The fourth-order valence-corrected chi connectivity index (χ4v) is 6.10. The Balaban J connectivity index is 1.34. The van der Waals surface area contributed by atoms with Gasteiger partial charge in [0.15, 0.2) is 5.65 Å². The van der Waals surface area contributed by atoms with Crippen LogP contribution in [0.5, 0.6) is 0 Å². The smallest absolute Gasteiger partial charge is 0.259 e. The number of aryl methyl sites for hydroxylation is 1. The summed E-state index contributed by atoms with van der Waals surface area (Å²) in [5.41, 5.74) is 1.34. The quantitative estimate of drug-likeness (QED) is 0.665. The van der Waals surface area contributed by atoms with E-state index in [-0.39, 0.29) is 28.7 Å². The molecule has 3 atom stereocenters. The van der Waals surface area contributed by atoms with Gasteiger partial charge in [-0.05, 0) is 55.4 Å². The predicted octanol–water partition coefficient (Wildman–Crippen LogP) is 2.01. The number of halogens is 1. The molecule has 3 aromatic rings. The van der Waals surface area contributed by atoms with E-state index in [4.69, 9.17) is 0 Å². The zero-order valence-corrected chi connectivity index (χ0v) is 17.7. The Kier molecular flexibility index (Phi) is 4.78. The summed E-state index contributed by atoms with van der Waals surface area (Å²) in [5.74, 6) is -0.689. The Hall–Kier alpha value is -2.85. The zero-order valence-electron chi connectivity index (χ0n) is 16.9. The number of sulfonamides is 1. The summed E-state index contributed by atoms with van der Waals surface area (Å²) in [6, 6.07) is 5.40. The molecule has 2 bridgehead atoms. The van der Waals surface area contributed by atoms with Crippen molar-refractivity contribution >= 4 is 21.6 Å². The molecule has 5 rings (SSSR count). The van der Waals surface area contributed by atoms with Gasteiger partial charge in [0.2, 0.25) is 10.0 Å². The summed E-state index contributed by atoms with van der Waals surface area (Å²) in [4.78, 5) is 19.1. The lowest BCUT2D eigenvalue weighted by Crippen LogP contribution is -2.53. The van der Waals surface area contributed by atoms with E-state index in [0.29, 0.717) is 29.9 Å². The van der Waals surface area contributed by atoms with Crippen molar-refractivity contribution in [3.8, 4) is 0 Å². The fraction of sp³-hybridized carbons (Fsp3) is 0.381. The molecule has 162 valence electrons. The van der Waals surface area contributed by atoms with Crippen molar-refractivity contribution in [2.24, 2.45) is 11.8 Å². The lowest BCUT2D eigenvalue weighted by Gasteiger charge is -2.38. The molecule has 1 saturated heterocycles. The standard InChI is InChI=1S/C21H22FN5O3S/c1-13-3-6-16(9-18(13)22)31(29,30)25-19-14-4-5-15(19)12-26(11-14)21(28)17-10-24-27-8-2-7-23-20(17)27/h2-3,6-10,14-15,19,25H,4-5,11-12H2,1H3/t14-,15+,19?. The summed E-state index contributed by atoms with van der Waals surface area (Å²) < 4.78 is 43.9. The Bertz CT molecular complexity index is 1260. The minimum Gasteiger partial charge on any atom is -0.338 e. The molecule has 10 heteroatoms. The lowest BCUT2D eigenvalue weighted by molar-refractivity contribution is 0.0629. The predicted molar refractivity (Wildman–Crippen MR) is 110 cm³/mol. The monoisotopic (exact) mass is 443 g/mol. The van der Waals surface area contributed by atoms with Gasteiger partial charge in [0.25, 0.3) is 5.91 Å². The van der Waals surface area contributed by atoms with Gasteiger partial charge in [-0.2, -0.15) is 5.10 Å². The van der Waals surface area contributed by atoms with Gasteiger partial charge in [0.05, 0.1) is 11.1 Å². The second-order valence-electron chi connectivity index (χ2n) is 8.31. The van der Waals surface area contributed by atoms with Crippen molar-refractivity contribution in [2.45, 2.75) is 30.7 Å². The Morgan fingerprint density at radius 2 is 1.97 bits per heavy atom. The molecule has 3 heterocycles. The van der Waals surface area contributed by atoms with E-state index < -0.39 is 15.8 Å². The molecule has 31 heavy (non-hydrogen) atoms. The number of hydrogen-bond donors (Lipinski definition) is 1. The number of fused-ring (bicyclic) bond motifs is 3. The second kappa shape index (κ2) is 7.38. The van der Waals surface area contributed by atoms with E-state index in [9.17, 15) is 17.6 Å². The molecule has 1 aromatic carbocycles. The summed E-state index contributed by atoms with van der Waals surface area (Å²) in [5, 5.41) is 4.18. The average Bonchev–Trinajstić information content (AvgIpc) is 3.26. The van der Waals surface area contributed by atoms with Crippen molar-refractivity contribution in [3.63, 3.8) is 0 Å². The molecule has 1 aliphatic carbocycles. The van der Waals surface area contributed by atoms with Crippen LogP contribution in [-0.2, 0) is 10.0 Å². The van der Waals surface area contributed by atoms with Crippen molar-refractivity contribution in [1.29, 1.82) is 0 Å². The normalized spacial score (nSPS) is 23.4. The van der Waals surface area contributed by atoms with Gasteiger partial charge < -0.3 is 4.90 Å². The highest BCUT2D eigenvalue weighted by molar-refractivity contribution is 7.89. The highest BCUT2D eigenvalue weighted by Gasteiger charge is 2.45. The highest BCUT2D eigenvalue weighted by Crippen LogP contribution is 2.38. The van der Waals surface area contributed by atoms with Crippen LogP contribution in [0, 0.1) is 24.6 Å². The first-order chi connectivity index (χ1) is 14.8. The van der Waals surface area contributed by atoms with Crippen LogP contribution < -0.4 is 4.72 Å². The first kappa shape index (κ1) is 20.1. The molecule has 1 aliphatic heterocycles. The van der Waals surface area contributed by atoms with Gasteiger partial charge >= 0.3 is 0 Å². The molecule has 2 fully saturated rings. The molecule has 1 unspecified atom stereocenters. The molecular formula is C21H22FN5O3S. The number of rotatable bonds is 4. The molecule has 2 aliphatic rings. The molecule has 1 amide bonds. The van der Waals surface area contributed by atoms with Crippen LogP contribution in [0.2, 0.25) is 0 Å². The minimum atomic E-state index is -3.85. The number of likely N-dealkylation sites (tertiary alicyclic amines) is 1. The lowest BCUT2D eigenvalue weighted by atomic mass is 9.93. The first-order valence-corrected chi connectivity index (χ1v) is 11.7. The van der Waals surface area contributed by atoms with Crippen molar-refractivity contribution in [3.05, 3.63) is 59.8 Å².